The predicted molar refractivity (Wildman–Crippen MR) is 25.3 cm³/mol. The van der Waals surface area contributed by atoms with Gasteiger partial charge in [0.05, 0.1) is 0 Å². The molecule has 0 aromatic rings. The van der Waals surface area contributed by atoms with Crippen LogP contribution in [0.25, 0.3) is 0 Å². The zero-order chi connectivity index (χ0) is 4.24. The molecule has 0 N–H and O–H groups in total. The van der Waals surface area contributed by atoms with Crippen LogP contribution in [0.1, 0.15) is 0 Å². The fraction of sp³-hybridized carbons (Fsp3) is 0. The van der Waals surface area contributed by atoms with E-state index in [4.69, 9.17) is 0 Å². The van der Waals surface area contributed by atoms with Crippen LogP contribution in [-0.2, 0) is 39.0 Å². The molecule has 1 aliphatic rings. The predicted octanol–water partition coefficient (Wildman–Crippen LogP) is -4.57. The van der Waals surface area contributed by atoms with E-state index in [1.807, 2.05) is 24.3 Å². The number of hydrogen-bond donors (Lipinski definition) is 0. The molecule has 0 bridgehead atoms. The Kier molecular flexibility index (Phi) is 36.9. The van der Waals surface area contributed by atoms with Crippen molar-refractivity contribution < 1.29 is 63.8 Å². The molecule has 0 nitrogen and oxygen atoms in total. The first-order chi connectivity index (χ1) is 3.00. The Morgan fingerprint density at radius 1 is 0.700 bits per heavy atom. The third-order valence-corrected chi connectivity index (χ3v) is 0.554. The van der Waals surface area contributed by atoms with Gasteiger partial charge in [0.25, 0.3) is 0 Å². The van der Waals surface area contributed by atoms with E-state index in [-0.39, 0.29) is 63.8 Å². The summed E-state index contributed by atoms with van der Waals surface area (Å²) in [6, 6.07) is 0. The minimum absolute atomic E-state index is 0. The topological polar surface area (TPSA) is 0 Å². The van der Waals surface area contributed by atoms with Crippen molar-refractivity contribution in [3.05, 3.63) is 35.8 Å². The zero-order valence-corrected chi connectivity index (χ0v) is 12.9. The Morgan fingerprint density at radius 2 is 1.00 bits per heavy atom. The number of rotatable bonds is 0. The van der Waals surface area contributed by atoms with Gasteiger partial charge < -0.3 is 24.8 Å². The molecular weight excluding hydrogens is 274 g/mol. The summed E-state index contributed by atoms with van der Waals surface area (Å²) in [6.07, 6.45) is 7.47. The molecule has 1 rings (SSSR count). The molecule has 0 amide bonds. The second-order valence-corrected chi connectivity index (χ2v) is 1.01. The van der Waals surface area contributed by atoms with Gasteiger partial charge in [0.2, 0.25) is 0 Å². The molecule has 1 aliphatic carbocycles. The summed E-state index contributed by atoms with van der Waals surface area (Å²) in [7, 11) is 0. The van der Waals surface area contributed by atoms with Gasteiger partial charge in [0.1, 0.15) is 0 Å². The van der Waals surface area contributed by atoms with Crippen LogP contribution >= 0.6 is 0 Å². The second-order valence-electron chi connectivity index (χ2n) is 1.01. The molecule has 48 valence electrons. The van der Waals surface area contributed by atoms with Gasteiger partial charge in [-0.05, 0) is 12.2 Å². The Morgan fingerprint density at radius 3 is 1.10 bits per heavy atom. The van der Waals surface area contributed by atoms with Gasteiger partial charge in [0, 0.05) is 39.0 Å². The molecular formula is C6H4Cl2Zn2-2. The summed E-state index contributed by atoms with van der Waals surface area (Å²) in [4.78, 5) is 0. The van der Waals surface area contributed by atoms with Crippen LogP contribution < -0.4 is 24.8 Å². The maximum Gasteiger partial charge on any atom is 0 e. The van der Waals surface area contributed by atoms with Crippen molar-refractivity contribution in [1.29, 1.82) is 0 Å². The summed E-state index contributed by atoms with van der Waals surface area (Å²) in [5, 5.41) is 0. The van der Waals surface area contributed by atoms with E-state index in [0.29, 0.717) is 0 Å². The van der Waals surface area contributed by atoms with Crippen LogP contribution in [-0.4, -0.2) is 0 Å². The van der Waals surface area contributed by atoms with Gasteiger partial charge in [-0.3, -0.25) is 0 Å². The molecule has 0 fully saturated rings. The molecule has 0 radical (unpaired) electrons. The van der Waals surface area contributed by atoms with Crippen molar-refractivity contribution in [3.8, 4) is 0 Å². The Bertz CT molecular complexity index is 145. The summed E-state index contributed by atoms with van der Waals surface area (Å²) in [5.74, 6) is 0. The van der Waals surface area contributed by atoms with Crippen molar-refractivity contribution in [2.75, 3.05) is 0 Å². The summed E-state index contributed by atoms with van der Waals surface area (Å²) < 4.78 is 0. The molecule has 4 heteroatoms. The molecule has 0 aromatic carbocycles. The zero-order valence-electron chi connectivity index (χ0n) is 5.48. The molecule has 0 aromatic heterocycles. The number of allylic oxidation sites excluding steroid dienone is 4. The van der Waals surface area contributed by atoms with Crippen LogP contribution in [0.5, 0.6) is 0 Å². The fourth-order valence-corrected chi connectivity index (χ4v) is 0.304. The summed E-state index contributed by atoms with van der Waals surface area (Å²) >= 11 is 0. The molecule has 0 atom stereocenters. The molecule has 10 heavy (non-hydrogen) atoms. The maximum absolute atomic E-state index is 2.77. The second kappa shape index (κ2) is 16.5. The third kappa shape index (κ3) is 11.6. The van der Waals surface area contributed by atoms with Crippen LogP contribution in [0.15, 0.2) is 35.8 Å². The van der Waals surface area contributed by atoms with Crippen LogP contribution in [0.3, 0.4) is 0 Å². The first-order valence-electron chi connectivity index (χ1n) is 1.83. The van der Waals surface area contributed by atoms with Crippen molar-refractivity contribution >= 4 is 0 Å². The smallest absolute Gasteiger partial charge is 0 e. The van der Waals surface area contributed by atoms with Gasteiger partial charge in [-0.15, -0.1) is 0 Å². The van der Waals surface area contributed by atoms with Crippen molar-refractivity contribution in [3.63, 3.8) is 0 Å². The molecule has 0 unspecified atom stereocenters. The fourth-order valence-electron chi connectivity index (χ4n) is 0.304. The summed E-state index contributed by atoms with van der Waals surface area (Å²) in [5.41, 5.74) is 5.53. The maximum atomic E-state index is 2.77. The van der Waals surface area contributed by atoms with E-state index in [0.717, 1.165) is 0 Å². The Labute approximate surface area is 98.9 Å². The minimum Gasteiger partial charge on any atom is -1.00 e. The largest absolute Gasteiger partial charge is 1.00 e. The van der Waals surface area contributed by atoms with Crippen LogP contribution in [0, 0.1) is 0 Å². The van der Waals surface area contributed by atoms with E-state index in [2.05, 4.69) is 11.5 Å². The average Bonchev–Trinajstić information content (AvgIpc) is 1.72. The van der Waals surface area contributed by atoms with E-state index in [1.165, 1.54) is 0 Å². The SMILES string of the molecule is C1=C=CC=CC=1.[Cl-].[Cl-].[Zn].[Zn]. The van der Waals surface area contributed by atoms with Crippen LogP contribution in [0.4, 0.5) is 0 Å². The van der Waals surface area contributed by atoms with E-state index >= 15 is 0 Å². The molecule has 0 heterocycles. The minimum atomic E-state index is 0. The number of hydrogen-bond acceptors (Lipinski definition) is 0. The normalized spacial score (nSPS) is 8.00. The van der Waals surface area contributed by atoms with Gasteiger partial charge in [-0.2, -0.15) is 0 Å². The Balaban J connectivity index is -0.0000000450. The monoisotopic (exact) mass is 274 g/mol. The van der Waals surface area contributed by atoms with Crippen LogP contribution in [0.2, 0.25) is 0 Å². The summed E-state index contributed by atoms with van der Waals surface area (Å²) in [6.45, 7) is 0. The Hall–Kier alpha value is 0.867. The van der Waals surface area contributed by atoms with Gasteiger partial charge in [-0.25, -0.2) is 0 Å². The standard InChI is InChI=1S/C6H4.2ClH.2Zn/c1-2-4-6-5-3-1;;;;/h1-4H;2*1H;;/p-2. The first kappa shape index (κ1) is 22.4. The van der Waals surface area contributed by atoms with Crippen molar-refractivity contribution in [2.24, 2.45) is 0 Å². The first-order valence-corrected chi connectivity index (χ1v) is 1.83. The molecule has 0 aliphatic heterocycles. The van der Waals surface area contributed by atoms with Crippen molar-refractivity contribution in [2.45, 2.75) is 0 Å². The van der Waals surface area contributed by atoms with E-state index in [9.17, 15) is 0 Å². The van der Waals surface area contributed by atoms with Gasteiger partial charge in [0.15, 0.2) is 0 Å². The average molecular weight is 278 g/mol. The third-order valence-electron chi connectivity index (χ3n) is 0.554. The van der Waals surface area contributed by atoms with Crippen molar-refractivity contribution in [1.82, 2.24) is 0 Å². The van der Waals surface area contributed by atoms with E-state index in [1.54, 1.807) is 0 Å². The number of halogens is 2. The quantitative estimate of drug-likeness (QED) is 0.309. The molecule has 0 saturated carbocycles. The van der Waals surface area contributed by atoms with Gasteiger partial charge in [-0.1, -0.05) is 23.6 Å². The molecule has 0 saturated heterocycles. The molecule has 0 spiro atoms. The van der Waals surface area contributed by atoms with E-state index < -0.39 is 0 Å². The van der Waals surface area contributed by atoms with Gasteiger partial charge >= 0.3 is 0 Å².